The minimum Gasteiger partial charge on any atom is -0.352 e. The van der Waals surface area contributed by atoms with Gasteiger partial charge in [0.15, 0.2) is 0 Å². The third kappa shape index (κ3) is 6.50. The molecule has 15 heavy (non-hydrogen) atoms. The molecule has 3 heteroatoms. The Morgan fingerprint density at radius 2 is 1.87 bits per heavy atom. The van der Waals surface area contributed by atoms with Gasteiger partial charge >= 0.3 is 0 Å². The monoisotopic (exact) mass is 214 g/mol. The van der Waals surface area contributed by atoms with E-state index in [0.717, 1.165) is 25.7 Å². The van der Waals surface area contributed by atoms with Crippen molar-refractivity contribution >= 4 is 5.91 Å². The molecule has 0 aromatic carbocycles. The van der Waals surface area contributed by atoms with Gasteiger partial charge in [-0.05, 0) is 26.7 Å². The van der Waals surface area contributed by atoms with Gasteiger partial charge in [0, 0.05) is 6.04 Å². The molecule has 1 atom stereocenters. The molecule has 0 rings (SSSR count). The van der Waals surface area contributed by atoms with Crippen LogP contribution in [0.1, 0.15) is 59.8 Å². The van der Waals surface area contributed by atoms with Crippen LogP contribution in [-0.2, 0) is 4.79 Å². The molecule has 0 fully saturated rings. The highest BCUT2D eigenvalue weighted by Crippen LogP contribution is 2.08. The lowest BCUT2D eigenvalue weighted by molar-refractivity contribution is -0.126. The molecule has 3 nitrogen and oxygen atoms in total. The van der Waals surface area contributed by atoms with Gasteiger partial charge in [-0.15, -0.1) is 0 Å². The summed E-state index contributed by atoms with van der Waals surface area (Å²) in [5.74, 6) is -0.0444. The molecule has 0 aromatic heterocycles. The number of nitrogens with one attached hydrogen (secondary N) is 1. The van der Waals surface area contributed by atoms with Crippen LogP contribution in [0.25, 0.3) is 0 Å². The van der Waals surface area contributed by atoms with E-state index in [1.165, 1.54) is 6.42 Å². The fraction of sp³-hybridized carbons (Fsp3) is 0.917. The quantitative estimate of drug-likeness (QED) is 0.682. The summed E-state index contributed by atoms with van der Waals surface area (Å²) < 4.78 is 0. The lowest BCUT2D eigenvalue weighted by Crippen LogP contribution is -2.52. The first-order valence-corrected chi connectivity index (χ1v) is 6.01. The maximum absolute atomic E-state index is 11.7. The number of rotatable bonds is 7. The smallest absolute Gasteiger partial charge is 0.239 e. The van der Waals surface area contributed by atoms with E-state index >= 15 is 0 Å². The first-order chi connectivity index (χ1) is 6.91. The van der Waals surface area contributed by atoms with Crippen molar-refractivity contribution in [2.45, 2.75) is 71.4 Å². The van der Waals surface area contributed by atoms with Crippen LogP contribution in [0.2, 0.25) is 0 Å². The highest BCUT2D eigenvalue weighted by atomic mass is 16.2. The molecular weight excluding hydrogens is 188 g/mol. The standard InChI is InChI=1S/C12H26N2O/c1-5-7-9-10(8-6-2)14-11(15)12(3,4)13/h10H,5-9,13H2,1-4H3,(H,14,15). The van der Waals surface area contributed by atoms with E-state index in [0.29, 0.717) is 6.04 Å². The van der Waals surface area contributed by atoms with Crippen molar-refractivity contribution in [1.82, 2.24) is 5.32 Å². The van der Waals surface area contributed by atoms with Gasteiger partial charge in [0.2, 0.25) is 5.91 Å². The third-order valence-corrected chi connectivity index (χ3v) is 2.46. The van der Waals surface area contributed by atoms with Gasteiger partial charge < -0.3 is 11.1 Å². The Hall–Kier alpha value is -0.570. The van der Waals surface area contributed by atoms with E-state index < -0.39 is 5.54 Å². The molecule has 0 aromatic rings. The molecule has 0 aliphatic heterocycles. The third-order valence-electron chi connectivity index (χ3n) is 2.46. The Balaban J connectivity index is 4.09. The summed E-state index contributed by atoms with van der Waals surface area (Å²) in [4.78, 5) is 11.7. The number of amides is 1. The summed E-state index contributed by atoms with van der Waals surface area (Å²) in [6.45, 7) is 7.78. The first kappa shape index (κ1) is 14.4. The molecule has 0 saturated carbocycles. The van der Waals surface area contributed by atoms with Gasteiger partial charge in [-0.3, -0.25) is 4.79 Å². The van der Waals surface area contributed by atoms with Crippen molar-refractivity contribution in [1.29, 1.82) is 0 Å². The molecule has 0 aliphatic rings. The van der Waals surface area contributed by atoms with Crippen molar-refractivity contribution in [2.24, 2.45) is 5.73 Å². The molecule has 0 spiro atoms. The van der Waals surface area contributed by atoms with Gasteiger partial charge in [0.1, 0.15) is 0 Å². The van der Waals surface area contributed by atoms with Crippen LogP contribution in [-0.4, -0.2) is 17.5 Å². The summed E-state index contributed by atoms with van der Waals surface area (Å²) in [5, 5.41) is 3.03. The maximum Gasteiger partial charge on any atom is 0.239 e. The molecule has 0 heterocycles. The summed E-state index contributed by atoms with van der Waals surface area (Å²) in [7, 11) is 0. The fourth-order valence-electron chi connectivity index (χ4n) is 1.46. The van der Waals surface area contributed by atoms with Crippen molar-refractivity contribution in [3.05, 3.63) is 0 Å². The zero-order chi connectivity index (χ0) is 11.9. The number of hydrogen-bond donors (Lipinski definition) is 2. The minimum atomic E-state index is -0.766. The van der Waals surface area contributed by atoms with Gasteiger partial charge in [-0.25, -0.2) is 0 Å². The van der Waals surface area contributed by atoms with Crippen LogP contribution in [0.15, 0.2) is 0 Å². The van der Waals surface area contributed by atoms with Gasteiger partial charge in [0.25, 0.3) is 0 Å². The molecular formula is C12H26N2O. The second-order valence-electron chi connectivity index (χ2n) is 4.82. The Labute approximate surface area is 93.8 Å². The first-order valence-electron chi connectivity index (χ1n) is 6.01. The molecule has 0 saturated heterocycles. The molecule has 3 N–H and O–H groups in total. The van der Waals surface area contributed by atoms with E-state index in [2.05, 4.69) is 19.2 Å². The predicted molar refractivity (Wildman–Crippen MR) is 64.6 cm³/mol. The minimum absolute atomic E-state index is 0.0444. The van der Waals surface area contributed by atoms with E-state index in [1.54, 1.807) is 13.8 Å². The van der Waals surface area contributed by atoms with Crippen LogP contribution in [0.4, 0.5) is 0 Å². The highest BCUT2D eigenvalue weighted by Gasteiger charge is 2.23. The SMILES string of the molecule is CCCCC(CCC)NC(=O)C(C)(C)N. The van der Waals surface area contributed by atoms with Crippen molar-refractivity contribution in [3.63, 3.8) is 0 Å². The summed E-state index contributed by atoms with van der Waals surface area (Å²) in [5.41, 5.74) is 4.97. The zero-order valence-corrected chi connectivity index (χ0v) is 10.6. The summed E-state index contributed by atoms with van der Waals surface area (Å²) in [6.07, 6.45) is 5.53. The normalized spacial score (nSPS) is 13.7. The van der Waals surface area contributed by atoms with Crippen molar-refractivity contribution < 1.29 is 4.79 Å². The van der Waals surface area contributed by atoms with Gasteiger partial charge in [-0.1, -0.05) is 33.1 Å². The molecule has 0 bridgehead atoms. The Morgan fingerprint density at radius 3 is 2.27 bits per heavy atom. The topological polar surface area (TPSA) is 55.1 Å². The molecule has 90 valence electrons. The number of carbonyl (C=O) groups is 1. The average molecular weight is 214 g/mol. The predicted octanol–water partition coefficient (Wildman–Crippen LogP) is 2.20. The molecule has 0 radical (unpaired) electrons. The Kier molecular flexibility index (Phi) is 6.57. The largest absolute Gasteiger partial charge is 0.352 e. The highest BCUT2D eigenvalue weighted by molar-refractivity contribution is 5.85. The zero-order valence-electron chi connectivity index (χ0n) is 10.6. The van der Waals surface area contributed by atoms with Crippen LogP contribution in [0, 0.1) is 0 Å². The molecule has 0 aliphatic carbocycles. The summed E-state index contributed by atoms with van der Waals surface area (Å²) in [6, 6.07) is 0.297. The molecule has 1 unspecified atom stereocenters. The maximum atomic E-state index is 11.7. The van der Waals surface area contributed by atoms with Crippen LogP contribution >= 0.6 is 0 Å². The number of carbonyl (C=O) groups excluding carboxylic acids is 1. The number of nitrogens with two attached hydrogens (primary N) is 1. The van der Waals surface area contributed by atoms with Gasteiger partial charge in [0.05, 0.1) is 5.54 Å². The second-order valence-corrected chi connectivity index (χ2v) is 4.82. The van der Waals surface area contributed by atoms with E-state index in [4.69, 9.17) is 5.73 Å². The van der Waals surface area contributed by atoms with Crippen molar-refractivity contribution in [2.75, 3.05) is 0 Å². The Morgan fingerprint density at radius 1 is 1.27 bits per heavy atom. The lowest BCUT2D eigenvalue weighted by Gasteiger charge is -2.24. The van der Waals surface area contributed by atoms with Crippen LogP contribution in [0.5, 0.6) is 0 Å². The van der Waals surface area contributed by atoms with Crippen LogP contribution < -0.4 is 11.1 Å². The number of hydrogen-bond acceptors (Lipinski definition) is 2. The number of unbranched alkanes of at least 4 members (excludes halogenated alkanes) is 1. The van der Waals surface area contributed by atoms with Crippen molar-refractivity contribution in [3.8, 4) is 0 Å². The molecule has 1 amide bonds. The van der Waals surface area contributed by atoms with E-state index in [-0.39, 0.29) is 5.91 Å². The van der Waals surface area contributed by atoms with E-state index in [1.807, 2.05) is 0 Å². The summed E-state index contributed by atoms with van der Waals surface area (Å²) >= 11 is 0. The van der Waals surface area contributed by atoms with Gasteiger partial charge in [-0.2, -0.15) is 0 Å². The van der Waals surface area contributed by atoms with E-state index in [9.17, 15) is 4.79 Å². The van der Waals surface area contributed by atoms with Crippen LogP contribution in [0.3, 0.4) is 0 Å². The Bertz CT molecular complexity index is 185. The average Bonchev–Trinajstić information content (AvgIpc) is 2.13. The second kappa shape index (κ2) is 6.83. The lowest BCUT2D eigenvalue weighted by atomic mass is 10.0. The fourth-order valence-corrected chi connectivity index (χ4v) is 1.46.